The Kier molecular flexibility index (Phi) is 2.68. The molecule has 1 aromatic heterocycles. The summed E-state index contributed by atoms with van der Waals surface area (Å²) < 4.78 is 5.10. The van der Waals surface area contributed by atoms with Crippen molar-refractivity contribution in [3.05, 3.63) is 24.2 Å². The van der Waals surface area contributed by atoms with Crippen molar-refractivity contribution in [2.75, 3.05) is 7.05 Å². The molecule has 0 aliphatic heterocycles. The zero-order chi connectivity index (χ0) is 8.27. The van der Waals surface area contributed by atoms with Gasteiger partial charge in [-0.15, -0.1) is 0 Å². The lowest BCUT2D eigenvalue weighted by molar-refractivity contribution is 0.0287. The smallest absolute Gasteiger partial charge is 0.117 e. The number of aliphatic hydroxyl groups is 1. The third-order valence-electron chi connectivity index (χ3n) is 1.62. The van der Waals surface area contributed by atoms with E-state index in [0.29, 0.717) is 6.54 Å². The second-order valence-electron chi connectivity index (χ2n) is 2.63. The van der Waals surface area contributed by atoms with E-state index >= 15 is 0 Å². The van der Waals surface area contributed by atoms with Crippen LogP contribution in [0, 0.1) is 0 Å². The summed E-state index contributed by atoms with van der Waals surface area (Å²) in [5, 5.41) is 9.10. The normalized spacial score (nSPS) is 13.8. The van der Waals surface area contributed by atoms with Gasteiger partial charge in [0, 0.05) is 0 Å². The molecule has 11 heavy (non-hydrogen) atoms. The fourth-order valence-electron chi connectivity index (χ4n) is 0.780. The molecular weight excluding hydrogens is 142 g/mol. The van der Waals surface area contributed by atoms with Gasteiger partial charge >= 0.3 is 0 Å². The molecule has 3 nitrogen and oxygen atoms in total. The topological polar surface area (TPSA) is 36.6 Å². The van der Waals surface area contributed by atoms with Crippen LogP contribution in [0.15, 0.2) is 22.8 Å². The van der Waals surface area contributed by atoms with E-state index < -0.39 is 6.23 Å². The quantitative estimate of drug-likeness (QED) is 0.663. The fraction of sp³-hybridized carbons (Fsp3) is 0.500. The maximum atomic E-state index is 9.10. The molecule has 1 rings (SSSR count). The van der Waals surface area contributed by atoms with Crippen LogP contribution in [-0.4, -0.2) is 23.3 Å². The number of aliphatic hydroxyl groups excluding tert-OH is 1. The maximum Gasteiger partial charge on any atom is 0.117 e. The third-order valence-corrected chi connectivity index (χ3v) is 1.62. The molecule has 0 radical (unpaired) electrons. The molecule has 1 heterocycles. The molecule has 0 saturated carbocycles. The van der Waals surface area contributed by atoms with Crippen molar-refractivity contribution in [3.8, 4) is 0 Å². The molecule has 0 saturated heterocycles. The van der Waals surface area contributed by atoms with Crippen molar-refractivity contribution in [1.82, 2.24) is 4.90 Å². The van der Waals surface area contributed by atoms with Crippen LogP contribution < -0.4 is 0 Å². The van der Waals surface area contributed by atoms with Gasteiger partial charge in [0.1, 0.15) is 12.0 Å². The van der Waals surface area contributed by atoms with E-state index in [9.17, 15) is 0 Å². The Balaban J connectivity index is 2.43. The van der Waals surface area contributed by atoms with Gasteiger partial charge in [0.15, 0.2) is 0 Å². The lowest BCUT2D eigenvalue weighted by Crippen LogP contribution is -2.27. The second-order valence-corrected chi connectivity index (χ2v) is 2.63. The van der Waals surface area contributed by atoms with Crippen molar-refractivity contribution in [2.24, 2.45) is 0 Å². The minimum absolute atomic E-state index is 0.430. The average Bonchev–Trinajstić information content (AvgIpc) is 2.39. The monoisotopic (exact) mass is 155 g/mol. The first-order valence-corrected chi connectivity index (χ1v) is 3.61. The van der Waals surface area contributed by atoms with Gasteiger partial charge in [-0.1, -0.05) is 0 Å². The van der Waals surface area contributed by atoms with Crippen LogP contribution >= 0.6 is 0 Å². The minimum Gasteiger partial charge on any atom is -0.468 e. The van der Waals surface area contributed by atoms with Crippen LogP contribution in [0.25, 0.3) is 0 Å². The Hall–Kier alpha value is -0.800. The van der Waals surface area contributed by atoms with Crippen molar-refractivity contribution in [3.63, 3.8) is 0 Å². The van der Waals surface area contributed by atoms with Gasteiger partial charge < -0.3 is 9.52 Å². The summed E-state index contributed by atoms with van der Waals surface area (Å²) in [6, 6.07) is 3.73. The summed E-state index contributed by atoms with van der Waals surface area (Å²) in [5.74, 6) is 0.869. The Morgan fingerprint density at radius 3 is 2.91 bits per heavy atom. The average molecular weight is 155 g/mol. The van der Waals surface area contributed by atoms with Crippen molar-refractivity contribution in [2.45, 2.75) is 19.7 Å². The number of hydrogen-bond acceptors (Lipinski definition) is 3. The highest BCUT2D eigenvalue weighted by atomic mass is 16.3. The number of furan rings is 1. The Bertz CT molecular complexity index is 194. The standard InChI is InChI=1S/C8H13NO2/c1-7(10)9(2)6-8-4-3-5-11-8/h3-5,7,10H,6H2,1-2H3. The summed E-state index contributed by atoms with van der Waals surface area (Å²) >= 11 is 0. The minimum atomic E-state index is -0.430. The Labute approximate surface area is 66.2 Å². The fourth-order valence-corrected chi connectivity index (χ4v) is 0.780. The summed E-state index contributed by atoms with van der Waals surface area (Å²) in [4.78, 5) is 1.79. The first-order valence-electron chi connectivity index (χ1n) is 3.61. The molecule has 1 unspecified atom stereocenters. The van der Waals surface area contributed by atoms with E-state index in [1.807, 2.05) is 19.2 Å². The molecule has 3 heteroatoms. The van der Waals surface area contributed by atoms with Gasteiger partial charge in [-0.05, 0) is 26.1 Å². The molecule has 0 bridgehead atoms. The molecule has 1 atom stereocenters. The molecule has 0 aromatic carbocycles. The highest BCUT2D eigenvalue weighted by Gasteiger charge is 2.06. The first kappa shape index (κ1) is 8.30. The maximum absolute atomic E-state index is 9.10. The third kappa shape index (κ3) is 2.37. The number of rotatable bonds is 3. The van der Waals surface area contributed by atoms with E-state index in [-0.39, 0.29) is 0 Å². The molecular formula is C8H13NO2. The molecule has 62 valence electrons. The van der Waals surface area contributed by atoms with Gasteiger partial charge in [0.05, 0.1) is 12.8 Å². The molecule has 1 N–H and O–H groups in total. The molecule has 0 aliphatic carbocycles. The van der Waals surface area contributed by atoms with Gasteiger partial charge in [0.2, 0.25) is 0 Å². The van der Waals surface area contributed by atoms with Crippen LogP contribution in [0.1, 0.15) is 12.7 Å². The second kappa shape index (κ2) is 3.55. The van der Waals surface area contributed by atoms with Gasteiger partial charge in [0.25, 0.3) is 0 Å². The van der Waals surface area contributed by atoms with E-state index in [1.165, 1.54) is 0 Å². The zero-order valence-electron chi connectivity index (χ0n) is 6.82. The van der Waals surface area contributed by atoms with Gasteiger partial charge in [-0.3, -0.25) is 4.90 Å². The summed E-state index contributed by atoms with van der Waals surface area (Å²) in [6.45, 7) is 2.37. The lowest BCUT2D eigenvalue weighted by Gasteiger charge is -2.17. The van der Waals surface area contributed by atoms with E-state index in [1.54, 1.807) is 18.1 Å². The zero-order valence-corrected chi connectivity index (χ0v) is 6.82. The SMILES string of the molecule is CC(O)N(C)Cc1ccco1. The lowest BCUT2D eigenvalue weighted by atomic mass is 10.4. The van der Waals surface area contributed by atoms with Crippen molar-refractivity contribution < 1.29 is 9.52 Å². The van der Waals surface area contributed by atoms with Crippen LogP contribution in [-0.2, 0) is 6.54 Å². The number of nitrogens with zero attached hydrogens (tertiary/aromatic N) is 1. The van der Waals surface area contributed by atoms with E-state index in [4.69, 9.17) is 9.52 Å². The molecule has 0 spiro atoms. The number of hydrogen-bond donors (Lipinski definition) is 1. The van der Waals surface area contributed by atoms with Crippen LogP contribution in [0.3, 0.4) is 0 Å². The molecule has 1 aromatic rings. The highest BCUT2D eigenvalue weighted by molar-refractivity contribution is 4.97. The molecule has 0 aliphatic rings. The Morgan fingerprint density at radius 2 is 2.45 bits per heavy atom. The summed E-state index contributed by atoms with van der Waals surface area (Å²) in [6.07, 6.45) is 1.20. The van der Waals surface area contributed by atoms with E-state index in [0.717, 1.165) is 5.76 Å². The largest absolute Gasteiger partial charge is 0.468 e. The van der Waals surface area contributed by atoms with Crippen LogP contribution in [0.4, 0.5) is 0 Å². The van der Waals surface area contributed by atoms with Crippen LogP contribution in [0.5, 0.6) is 0 Å². The summed E-state index contributed by atoms with van der Waals surface area (Å²) in [7, 11) is 1.84. The van der Waals surface area contributed by atoms with Crippen molar-refractivity contribution in [1.29, 1.82) is 0 Å². The Morgan fingerprint density at radius 1 is 1.73 bits per heavy atom. The van der Waals surface area contributed by atoms with Crippen molar-refractivity contribution >= 4 is 0 Å². The molecule has 0 amide bonds. The predicted molar refractivity (Wildman–Crippen MR) is 41.9 cm³/mol. The predicted octanol–water partition coefficient (Wildman–Crippen LogP) is 1.05. The summed E-state index contributed by atoms with van der Waals surface area (Å²) in [5.41, 5.74) is 0. The van der Waals surface area contributed by atoms with Gasteiger partial charge in [-0.25, -0.2) is 0 Å². The van der Waals surface area contributed by atoms with E-state index in [2.05, 4.69) is 0 Å². The first-order chi connectivity index (χ1) is 5.20. The van der Waals surface area contributed by atoms with Crippen LogP contribution in [0.2, 0.25) is 0 Å². The highest BCUT2D eigenvalue weighted by Crippen LogP contribution is 2.04. The van der Waals surface area contributed by atoms with Gasteiger partial charge in [-0.2, -0.15) is 0 Å². The molecule has 0 fully saturated rings.